The molecule has 0 fully saturated rings. The Morgan fingerprint density at radius 1 is 1.53 bits per heavy atom. The Morgan fingerprint density at radius 2 is 2.32 bits per heavy atom. The maximum atomic E-state index is 11.7. The Balaban J connectivity index is 1.85. The first-order chi connectivity index (χ1) is 9.08. The van der Waals surface area contributed by atoms with E-state index in [1.165, 1.54) is 17.1 Å². The smallest absolute Gasteiger partial charge is 0.358 e. The number of aryl methyl sites for hydroxylation is 1. The molecule has 3 N–H and O–H groups in total. The number of H-pyrrole nitrogens is 1. The number of aromatic amines is 1. The highest BCUT2D eigenvalue weighted by Crippen LogP contribution is 2.01. The molecule has 0 aromatic carbocycles. The highest BCUT2D eigenvalue weighted by atomic mass is 16.4. The van der Waals surface area contributed by atoms with Gasteiger partial charge in [-0.1, -0.05) is 5.21 Å². The van der Waals surface area contributed by atoms with Crippen LogP contribution in [0, 0.1) is 6.92 Å². The van der Waals surface area contributed by atoms with Crippen LogP contribution < -0.4 is 5.32 Å². The number of carbonyl (C=O) groups excluding carboxylic acids is 1. The van der Waals surface area contributed by atoms with E-state index in [1.807, 2.05) is 0 Å². The molecule has 100 valence electrons. The SMILES string of the molecule is Cc1[nH]ncc1C(=O)NCCn1cc(C(=O)O)nn1. The molecule has 0 saturated heterocycles. The number of nitrogens with one attached hydrogen (secondary N) is 2. The van der Waals surface area contributed by atoms with Gasteiger partial charge in [-0.05, 0) is 6.92 Å². The molecular weight excluding hydrogens is 252 g/mol. The molecule has 1 amide bonds. The molecule has 0 saturated carbocycles. The third-order valence-corrected chi connectivity index (χ3v) is 2.46. The van der Waals surface area contributed by atoms with Gasteiger partial charge in [0.2, 0.25) is 0 Å². The summed E-state index contributed by atoms with van der Waals surface area (Å²) in [6, 6.07) is 0. The van der Waals surface area contributed by atoms with Crippen molar-refractivity contribution in [3.8, 4) is 0 Å². The van der Waals surface area contributed by atoms with Crippen LogP contribution in [0.2, 0.25) is 0 Å². The van der Waals surface area contributed by atoms with E-state index in [0.717, 1.165) is 0 Å². The lowest BCUT2D eigenvalue weighted by Crippen LogP contribution is -2.27. The van der Waals surface area contributed by atoms with Gasteiger partial charge in [0.25, 0.3) is 5.91 Å². The number of carbonyl (C=O) groups is 2. The quantitative estimate of drug-likeness (QED) is 0.664. The fourth-order valence-corrected chi connectivity index (χ4v) is 1.46. The summed E-state index contributed by atoms with van der Waals surface area (Å²) in [5.41, 5.74) is 1.04. The minimum atomic E-state index is -1.13. The molecule has 9 heteroatoms. The van der Waals surface area contributed by atoms with Crippen molar-refractivity contribution in [2.24, 2.45) is 0 Å². The summed E-state index contributed by atoms with van der Waals surface area (Å²) in [6.07, 6.45) is 2.75. The Hall–Kier alpha value is -2.71. The first-order valence-corrected chi connectivity index (χ1v) is 5.49. The van der Waals surface area contributed by atoms with Crippen molar-refractivity contribution in [1.82, 2.24) is 30.5 Å². The molecule has 9 nitrogen and oxygen atoms in total. The Labute approximate surface area is 107 Å². The molecule has 2 rings (SSSR count). The largest absolute Gasteiger partial charge is 0.476 e. The topological polar surface area (TPSA) is 126 Å². The lowest BCUT2D eigenvalue weighted by atomic mass is 10.2. The van der Waals surface area contributed by atoms with Gasteiger partial charge in [0.15, 0.2) is 5.69 Å². The number of carboxylic acid groups (broad SMARTS) is 1. The lowest BCUT2D eigenvalue weighted by molar-refractivity contribution is 0.0690. The maximum Gasteiger partial charge on any atom is 0.358 e. The fourth-order valence-electron chi connectivity index (χ4n) is 1.46. The summed E-state index contributed by atoms with van der Waals surface area (Å²) < 4.78 is 1.35. The van der Waals surface area contributed by atoms with Gasteiger partial charge in [-0.2, -0.15) is 5.10 Å². The van der Waals surface area contributed by atoms with Gasteiger partial charge in [0.1, 0.15) is 0 Å². The molecule has 0 bridgehead atoms. The molecule has 19 heavy (non-hydrogen) atoms. The Bertz CT molecular complexity index is 602. The van der Waals surface area contributed by atoms with E-state index < -0.39 is 5.97 Å². The third-order valence-electron chi connectivity index (χ3n) is 2.46. The van der Waals surface area contributed by atoms with E-state index in [9.17, 15) is 9.59 Å². The molecule has 2 aromatic heterocycles. The second-order valence-corrected chi connectivity index (χ2v) is 3.84. The number of hydrogen-bond acceptors (Lipinski definition) is 5. The average molecular weight is 264 g/mol. The van der Waals surface area contributed by atoms with Crippen LogP contribution in [0.5, 0.6) is 0 Å². The molecular formula is C10H12N6O3. The standard InChI is InChI=1S/C10H12N6O3/c1-6-7(4-12-13-6)9(17)11-2-3-16-5-8(10(18)19)14-15-16/h4-5H,2-3H2,1H3,(H,11,17)(H,12,13)(H,18,19). The van der Waals surface area contributed by atoms with Crippen molar-refractivity contribution < 1.29 is 14.7 Å². The summed E-state index contributed by atoms with van der Waals surface area (Å²) >= 11 is 0. The Morgan fingerprint density at radius 3 is 2.89 bits per heavy atom. The van der Waals surface area contributed by atoms with Crippen molar-refractivity contribution in [2.75, 3.05) is 6.54 Å². The summed E-state index contributed by atoms with van der Waals surface area (Å²) in [7, 11) is 0. The molecule has 0 aliphatic rings. The van der Waals surface area contributed by atoms with Crippen LogP contribution >= 0.6 is 0 Å². The van der Waals surface area contributed by atoms with Crippen LogP contribution in [0.1, 0.15) is 26.5 Å². The number of carboxylic acids is 1. The second kappa shape index (κ2) is 5.29. The van der Waals surface area contributed by atoms with Crippen molar-refractivity contribution in [3.05, 3.63) is 29.3 Å². The van der Waals surface area contributed by atoms with Gasteiger partial charge in [-0.3, -0.25) is 9.89 Å². The molecule has 0 atom stereocenters. The third kappa shape index (κ3) is 2.94. The first kappa shape index (κ1) is 12.7. The molecule has 0 aliphatic carbocycles. The number of aromatic nitrogens is 5. The first-order valence-electron chi connectivity index (χ1n) is 5.49. The number of nitrogens with zero attached hydrogens (tertiary/aromatic N) is 4. The van der Waals surface area contributed by atoms with Crippen molar-refractivity contribution in [2.45, 2.75) is 13.5 Å². The van der Waals surface area contributed by atoms with Gasteiger partial charge in [0.05, 0.1) is 24.5 Å². The monoisotopic (exact) mass is 264 g/mol. The van der Waals surface area contributed by atoms with Gasteiger partial charge < -0.3 is 10.4 Å². The van der Waals surface area contributed by atoms with Crippen molar-refractivity contribution in [1.29, 1.82) is 0 Å². The van der Waals surface area contributed by atoms with Crippen LogP contribution in [0.15, 0.2) is 12.4 Å². The molecule has 0 unspecified atom stereocenters. The van der Waals surface area contributed by atoms with E-state index in [0.29, 0.717) is 24.3 Å². The minimum Gasteiger partial charge on any atom is -0.476 e. The summed E-state index contributed by atoms with van der Waals surface area (Å²) in [5, 5.41) is 24.9. The van der Waals surface area contributed by atoms with Crippen LogP contribution in [0.4, 0.5) is 0 Å². The average Bonchev–Trinajstić information content (AvgIpc) is 2.97. The molecule has 0 spiro atoms. The number of rotatable bonds is 5. The summed E-state index contributed by atoms with van der Waals surface area (Å²) in [5.74, 6) is -1.38. The zero-order chi connectivity index (χ0) is 13.8. The minimum absolute atomic E-state index is 0.128. The molecule has 2 heterocycles. The van der Waals surface area contributed by atoms with Gasteiger partial charge >= 0.3 is 5.97 Å². The number of aromatic carboxylic acids is 1. The second-order valence-electron chi connectivity index (χ2n) is 3.84. The zero-order valence-corrected chi connectivity index (χ0v) is 10.1. The van der Waals surface area contributed by atoms with E-state index in [2.05, 4.69) is 25.8 Å². The number of hydrogen-bond donors (Lipinski definition) is 3. The molecule has 2 aromatic rings. The predicted molar refractivity (Wildman–Crippen MR) is 62.6 cm³/mol. The highest BCUT2D eigenvalue weighted by Gasteiger charge is 2.11. The van der Waals surface area contributed by atoms with E-state index >= 15 is 0 Å². The van der Waals surface area contributed by atoms with Gasteiger partial charge in [0, 0.05) is 12.2 Å². The van der Waals surface area contributed by atoms with E-state index in [-0.39, 0.29) is 11.6 Å². The van der Waals surface area contributed by atoms with E-state index in [4.69, 9.17) is 5.11 Å². The van der Waals surface area contributed by atoms with E-state index in [1.54, 1.807) is 6.92 Å². The van der Waals surface area contributed by atoms with Crippen LogP contribution in [0.3, 0.4) is 0 Å². The van der Waals surface area contributed by atoms with Crippen LogP contribution in [-0.4, -0.2) is 48.7 Å². The van der Waals surface area contributed by atoms with Crippen molar-refractivity contribution >= 4 is 11.9 Å². The highest BCUT2D eigenvalue weighted by molar-refractivity contribution is 5.94. The predicted octanol–water partition coefficient (Wildman–Crippen LogP) is -0.562. The number of amides is 1. The Kier molecular flexibility index (Phi) is 3.55. The molecule has 0 radical (unpaired) electrons. The fraction of sp³-hybridized carbons (Fsp3) is 0.300. The van der Waals surface area contributed by atoms with Crippen LogP contribution in [0.25, 0.3) is 0 Å². The summed E-state index contributed by atoms with van der Waals surface area (Å²) in [6.45, 7) is 2.40. The maximum absolute atomic E-state index is 11.7. The van der Waals surface area contributed by atoms with Gasteiger partial charge in [-0.15, -0.1) is 5.10 Å². The summed E-state index contributed by atoms with van der Waals surface area (Å²) in [4.78, 5) is 22.3. The lowest BCUT2D eigenvalue weighted by Gasteiger charge is -2.03. The molecule has 0 aliphatic heterocycles. The zero-order valence-electron chi connectivity index (χ0n) is 10.1. The van der Waals surface area contributed by atoms with Gasteiger partial charge in [-0.25, -0.2) is 9.48 Å². The van der Waals surface area contributed by atoms with Crippen molar-refractivity contribution in [3.63, 3.8) is 0 Å². The normalized spacial score (nSPS) is 10.4. The van der Waals surface area contributed by atoms with Crippen LogP contribution in [-0.2, 0) is 6.54 Å².